The van der Waals surface area contributed by atoms with Gasteiger partial charge in [-0.2, -0.15) is 0 Å². The molecule has 0 atom stereocenters. The summed E-state index contributed by atoms with van der Waals surface area (Å²) in [6.45, 7) is 8.33. The number of benzene rings is 4. The Kier molecular flexibility index (Phi) is 10.7. The quantitative estimate of drug-likeness (QED) is 0.128. The number of nitrogens with zero attached hydrogens (tertiary/aromatic N) is 6. The van der Waals surface area contributed by atoms with Crippen LogP contribution >= 0.6 is 0 Å². The molecule has 0 aliphatic heterocycles. The van der Waals surface area contributed by atoms with Crippen molar-refractivity contribution in [3.8, 4) is 45.3 Å². The number of hydrogen-bond acceptors (Lipinski definition) is 10. The fraction of sp³-hybridized carbons (Fsp3) is 0.136. The molecule has 0 spiro atoms. The minimum Gasteiger partial charge on any atom is -0.457 e. The molecule has 4 N–H and O–H groups in total. The second-order valence-corrected chi connectivity index (χ2v) is 13.7. The topological polar surface area (TPSA) is 166 Å². The summed E-state index contributed by atoms with van der Waals surface area (Å²) in [7, 11) is 0. The normalized spacial score (nSPS) is 11.1. The number of aromatic nitrogens is 6. The van der Waals surface area contributed by atoms with Crippen molar-refractivity contribution < 1.29 is 23.5 Å². The molecule has 0 saturated heterocycles. The van der Waals surface area contributed by atoms with Crippen LogP contribution in [0.25, 0.3) is 44.3 Å². The van der Waals surface area contributed by atoms with Crippen molar-refractivity contribution in [3.05, 3.63) is 133 Å². The van der Waals surface area contributed by atoms with Crippen molar-refractivity contribution in [3.63, 3.8) is 0 Å². The first-order valence-electron chi connectivity index (χ1n) is 18.1. The van der Waals surface area contributed by atoms with Crippen LogP contribution in [-0.4, -0.2) is 41.6 Å². The molecule has 4 aromatic heterocycles. The number of ether oxygens (including phenoxy) is 2. The van der Waals surface area contributed by atoms with E-state index in [0.29, 0.717) is 40.7 Å². The first kappa shape index (κ1) is 37.9. The van der Waals surface area contributed by atoms with Crippen molar-refractivity contribution in [1.82, 2.24) is 29.1 Å². The number of aldehydes is 2. The van der Waals surface area contributed by atoms with Crippen molar-refractivity contribution in [2.45, 2.75) is 39.8 Å². The van der Waals surface area contributed by atoms with Crippen molar-refractivity contribution in [2.24, 2.45) is 0 Å². The number of carbonyl (C=O) groups excluding carboxylic acids is 2. The molecule has 0 unspecified atom stereocenters. The molecule has 0 bridgehead atoms. The van der Waals surface area contributed by atoms with Gasteiger partial charge in [0, 0.05) is 35.6 Å². The van der Waals surface area contributed by atoms with Gasteiger partial charge in [0.1, 0.15) is 52.8 Å². The predicted molar refractivity (Wildman–Crippen MR) is 219 cm³/mol. The van der Waals surface area contributed by atoms with Gasteiger partial charge in [-0.15, -0.1) is 0 Å². The second-order valence-electron chi connectivity index (χ2n) is 13.7. The average Bonchev–Trinajstić information content (AvgIpc) is 3.82. The third kappa shape index (κ3) is 7.63. The predicted octanol–water partition coefficient (Wildman–Crippen LogP) is 9.87. The minimum atomic E-state index is -0.594. The number of rotatable bonds is 10. The number of anilines is 2. The van der Waals surface area contributed by atoms with Crippen LogP contribution in [0.5, 0.6) is 23.0 Å². The Bertz CT molecular complexity index is 2720. The SMILES string of the molecule is CC(C)n1cc(-c2ccc(Oc3c(F)cccc3C=O)cc2)c2c(N)ncnc21.CC(C)n1cc(-c2ccc(Oc3ccccc3C=O)cc2)c2c(N)ncnc21. The maximum atomic E-state index is 14.0. The van der Waals surface area contributed by atoms with Gasteiger partial charge in [-0.05, 0) is 87.4 Å². The fourth-order valence-corrected chi connectivity index (χ4v) is 6.49. The summed E-state index contributed by atoms with van der Waals surface area (Å²) >= 11 is 0. The summed E-state index contributed by atoms with van der Waals surface area (Å²) in [6.07, 6.45) is 8.34. The van der Waals surface area contributed by atoms with Crippen LogP contribution in [0.3, 0.4) is 0 Å². The lowest BCUT2D eigenvalue weighted by molar-refractivity contribution is 0.111. The van der Waals surface area contributed by atoms with E-state index in [0.717, 1.165) is 50.6 Å². The van der Waals surface area contributed by atoms with E-state index in [2.05, 4.69) is 58.4 Å². The van der Waals surface area contributed by atoms with E-state index in [-0.39, 0.29) is 23.4 Å². The van der Waals surface area contributed by atoms with E-state index in [4.69, 9.17) is 20.9 Å². The molecule has 0 amide bonds. The van der Waals surface area contributed by atoms with Crippen molar-refractivity contribution >= 4 is 46.3 Å². The molecule has 4 aromatic carbocycles. The average molecular weight is 763 g/mol. The van der Waals surface area contributed by atoms with Gasteiger partial charge >= 0.3 is 0 Å². The molecule has 8 rings (SSSR count). The molecular weight excluding hydrogens is 724 g/mol. The summed E-state index contributed by atoms with van der Waals surface area (Å²) in [6, 6.07) is 26.6. The minimum absolute atomic E-state index is 0.0932. The first-order chi connectivity index (χ1) is 27.6. The standard InChI is InChI=1S/C22H19FN4O2.C22H20N4O2/c1-13(2)27-10-17(19-21(24)25-12-26-22(19)27)14-6-8-16(9-7-14)29-20-15(11-28)4-3-5-18(20)23;1-14(2)26-11-18(20-21(23)24-13-25-22(20)26)15-7-9-17(10-8-15)28-19-6-4-3-5-16(19)12-27/h3-13H,1-2H3,(H2,24,25,26);3-14H,1-2H3,(H2,23,24,25). The number of nitrogens with two attached hydrogens (primary N) is 2. The Morgan fingerprint density at radius 2 is 1.07 bits per heavy atom. The molecule has 8 aromatic rings. The zero-order chi connectivity index (χ0) is 40.2. The van der Waals surface area contributed by atoms with Crippen LogP contribution in [0.2, 0.25) is 0 Å². The van der Waals surface area contributed by atoms with E-state index in [1.807, 2.05) is 53.2 Å². The van der Waals surface area contributed by atoms with Crippen LogP contribution < -0.4 is 20.9 Å². The second kappa shape index (κ2) is 16.1. The van der Waals surface area contributed by atoms with Gasteiger partial charge < -0.3 is 30.1 Å². The highest BCUT2D eigenvalue weighted by molar-refractivity contribution is 6.01. The van der Waals surface area contributed by atoms with Gasteiger partial charge in [0.2, 0.25) is 0 Å². The van der Waals surface area contributed by atoms with Crippen LogP contribution in [0.4, 0.5) is 16.0 Å². The zero-order valence-electron chi connectivity index (χ0n) is 31.6. The zero-order valence-corrected chi connectivity index (χ0v) is 31.6. The lowest BCUT2D eigenvalue weighted by atomic mass is 10.1. The number of fused-ring (bicyclic) bond motifs is 2. The van der Waals surface area contributed by atoms with Gasteiger partial charge in [0.05, 0.1) is 21.9 Å². The maximum absolute atomic E-state index is 14.0. The van der Waals surface area contributed by atoms with Crippen molar-refractivity contribution in [1.29, 1.82) is 0 Å². The summed E-state index contributed by atoms with van der Waals surface area (Å²) in [5, 5.41) is 1.63. The summed E-state index contributed by atoms with van der Waals surface area (Å²) in [5.41, 5.74) is 18.3. The molecule has 0 saturated carbocycles. The van der Waals surface area contributed by atoms with Crippen LogP contribution in [0.1, 0.15) is 60.5 Å². The molecule has 286 valence electrons. The largest absolute Gasteiger partial charge is 0.457 e. The highest BCUT2D eigenvalue weighted by atomic mass is 19.1. The number of nitrogen functional groups attached to an aromatic ring is 2. The molecule has 57 heavy (non-hydrogen) atoms. The molecule has 12 nitrogen and oxygen atoms in total. The number of halogens is 1. The first-order valence-corrected chi connectivity index (χ1v) is 18.1. The van der Waals surface area contributed by atoms with Crippen LogP contribution in [-0.2, 0) is 0 Å². The molecule has 0 aliphatic rings. The van der Waals surface area contributed by atoms with Crippen LogP contribution in [0.15, 0.2) is 116 Å². The fourth-order valence-electron chi connectivity index (χ4n) is 6.49. The molecule has 0 aliphatic carbocycles. The third-order valence-electron chi connectivity index (χ3n) is 9.34. The van der Waals surface area contributed by atoms with E-state index in [1.165, 1.54) is 30.9 Å². The number of carbonyl (C=O) groups is 2. The highest BCUT2D eigenvalue weighted by Gasteiger charge is 2.19. The van der Waals surface area contributed by atoms with E-state index >= 15 is 0 Å². The Balaban J connectivity index is 0.000000174. The van der Waals surface area contributed by atoms with Gasteiger partial charge in [0.25, 0.3) is 0 Å². The molecular formula is C44H39FN8O4. The van der Waals surface area contributed by atoms with E-state index < -0.39 is 5.82 Å². The number of para-hydroxylation sites is 2. The molecule has 4 heterocycles. The maximum Gasteiger partial charge on any atom is 0.173 e. The van der Waals surface area contributed by atoms with E-state index in [1.54, 1.807) is 30.3 Å². The van der Waals surface area contributed by atoms with Crippen molar-refractivity contribution in [2.75, 3.05) is 11.5 Å². The lowest BCUT2D eigenvalue weighted by Gasteiger charge is -2.09. The Labute approximate surface area is 327 Å². The van der Waals surface area contributed by atoms with Crippen LogP contribution in [0, 0.1) is 5.82 Å². The Morgan fingerprint density at radius 1 is 0.596 bits per heavy atom. The monoisotopic (exact) mass is 762 g/mol. The Hall–Kier alpha value is -7.41. The van der Waals surface area contributed by atoms with Gasteiger partial charge in [-0.25, -0.2) is 24.3 Å². The lowest BCUT2D eigenvalue weighted by Crippen LogP contribution is -2.00. The van der Waals surface area contributed by atoms with Gasteiger partial charge in [-0.3, -0.25) is 9.59 Å². The summed E-state index contributed by atoms with van der Waals surface area (Å²) in [5.74, 6) is 1.77. The summed E-state index contributed by atoms with van der Waals surface area (Å²) in [4.78, 5) is 39.4. The third-order valence-corrected chi connectivity index (χ3v) is 9.34. The molecule has 0 radical (unpaired) electrons. The Morgan fingerprint density at radius 3 is 1.56 bits per heavy atom. The molecule has 0 fully saturated rings. The summed E-state index contributed by atoms with van der Waals surface area (Å²) < 4.78 is 29.7. The van der Waals surface area contributed by atoms with Gasteiger partial charge in [0.15, 0.2) is 24.1 Å². The molecule has 13 heteroatoms. The smallest absolute Gasteiger partial charge is 0.173 e. The number of hydrogen-bond donors (Lipinski definition) is 2. The van der Waals surface area contributed by atoms with Gasteiger partial charge in [-0.1, -0.05) is 42.5 Å². The van der Waals surface area contributed by atoms with E-state index in [9.17, 15) is 14.0 Å². The highest BCUT2D eigenvalue weighted by Crippen LogP contribution is 2.37.